The molecule has 21 heavy (non-hydrogen) atoms. The predicted octanol–water partition coefficient (Wildman–Crippen LogP) is 6.59. The van der Waals surface area contributed by atoms with Gasteiger partial charge in [0.1, 0.15) is 0 Å². The second kappa shape index (κ2) is 7.77. The summed E-state index contributed by atoms with van der Waals surface area (Å²) < 4.78 is 2.81. The van der Waals surface area contributed by atoms with Gasteiger partial charge >= 0.3 is 0 Å². The van der Waals surface area contributed by atoms with Gasteiger partial charge < -0.3 is 0 Å². The molecule has 0 aliphatic carbocycles. The SMILES string of the molecule is CSc1ccc(C(=O)C=Cc2c(Br)cc(Br)cc2Br)cc1. The zero-order valence-electron chi connectivity index (χ0n) is 11.1. The van der Waals surface area contributed by atoms with E-state index in [0.717, 1.165) is 23.9 Å². The Labute approximate surface area is 153 Å². The fourth-order valence-corrected chi connectivity index (χ4v) is 4.65. The van der Waals surface area contributed by atoms with Crippen molar-refractivity contribution in [1.82, 2.24) is 0 Å². The van der Waals surface area contributed by atoms with E-state index >= 15 is 0 Å². The molecule has 0 aliphatic rings. The van der Waals surface area contributed by atoms with E-state index in [1.54, 1.807) is 17.8 Å². The molecule has 2 rings (SSSR count). The zero-order chi connectivity index (χ0) is 15.4. The highest BCUT2D eigenvalue weighted by molar-refractivity contribution is 9.11. The third-order valence-electron chi connectivity index (χ3n) is 2.82. The third kappa shape index (κ3) is 4.55. The Morgan fingerprint density at radius 3 is 2.14 bits per heavy atom. The summed E-state index contributed by atoms with van der Waals surface area (Å²) in [5.41, 5.74) is 1.63. The van der Waals surface area contributed by atoms with Crippen molar-refractivity contribution in [3.63, 3.8) is 0 Å². The minimum absolute atomic E-state index is 0.00984. The van der Waals surface area contributed by atoms with E-state index in [4.69, 9.17) is 0 Å². The van der Waals surface area contributed by atoms with Crippen LogP contribution in [0.25, 0.3) is 6.08 Å². The maximum atomic E-state index is 12.2. The third-order valence-corrected chi connectivity index (χ3v) is 5.33. The van der Waals surface area contributed by atoms with Crippen LogP contribution in [0.15, 0.2) is 60.8 Å². The Balaban J connectivity index is 2.22. The van der Waals surface area contributed by atoms with Gasteiger partial charge in [0.05, 0.1) is 0 Å². The molecule has 0 bridgehead atoms. The highest BCUT2D eigenvalue weighted by atomic mass is 79.9. The second-order valence-electron chi connectivity index (χ2n) is 4.21. The summed E-state index contributed by atoms with van der Waals surface area (Å²) >= 11 is 12.1. The molecule has 0 fully saturated rings. The van der Waals surface area contributed by atoms with Gasteiger partial charge in [-0.15, -0.1) is 11.8 Å². The summed E-state index contributed by atoms with van der Waals surface area (Å²) in [5, 5.41) is 0. The molecule has 108 valence electrons. The van der Waals surface area contributed by atoms with E-state index in [1.807, 2.05) is 48.7 Å². The average Bonchev–Trinajstić information content (AvgIpc) is 2.46. The van der Waals surface area contributed by atoms with Crippen LogP contribution in [0, 0.1) is 0 Å². The van der Waals surface area contributed by atoms with E-state index in [0.29, 0.717) is 5.56 Å². The Kier molecular flexibility index (Phi) is 6.29. The number of hydrogen-bond donors (Lipinski definition) is 0. The minimum Gasteiger partial charge on any atom is -0.289 e. The molecule has 0 amide bonds. The minimum atomic E-state index is -0.00984. The van der Waals surface area contributed by atoms with Gasteiger partial charge in [-0.05, 0) is 54.8 Å². The van der Waals surface area contributed by atoms with Crippen LogP contribution >= 0.6 is 59.6 Å². The lowest BCUT2D eigenvalue weighted by atomic mass is 10.1. The van der Waals surface area contributed by atoms with Crippen LogP contribution in [0.3, 0.4) is 0 Å². The van der Waals surface area contributed by atoms with Crippen LogP contribution in [0.1, 0.15) is 15.9 Å². The Morgan fingerprint density at radius 2 is 1.62 bits per heavy atom. The molecule has 0 saturated carbocycles. The summed E-state index contributed by atoms with van der Waals surface area (Å²) in [6, 6.07) is 11.5. The molecule has 2 aromatic carbocycles. The molecule has 2 aromatic rings. The number of ketones is 1. The smallest absolute Gasteiger partial charge is 0.185 e. The molecule has 0 radical (unpaired) electrons. The summed E-state index contributed by atoms with van der Waals surface area (Å²) in [6.45, 7) is 0. The van der Waals surface area contributed by atoms with Crippen molar-refractivity contribution in [2.24, 2.45) is 0 Å². The molecule has 0 atom stereocenters. The first kappa shape index (κ1) is 17.0. The van der Waals surface area contributed by atoms with Crippen molar-refractivity contribution in [2.45, 2.75) is 4.90 Å². The van der Waals surface area contributed by atoms with Crippen molar-refractivity contribution in [2.75, 3.05) is 6.26 Å². The summed E-state index contributed by atoms with van der Waals surface area (Å²) in [5.74, 6) is -0.00984. The molecule has 0 aliphatic heterocycles. The molecule has 0 spiro atoms. The maximum absolute atomic E-state index is 12.2. The van der Waals surface area contributed by atoms with Crippen LogP contribution in [0.5, 0.6) is 0 Å². The van der Waals surface area contributed by atoms with Crippen molar-refractivity contribution in [3.8, 4) is 0 Å². The lowest BCUT2D eigenvalue weighted by molar-refractivity contribution is 0.104. The summed E-state index contributed by atoms with van der Waals surface area (Å²) in [4.78, 5) is 13.3. The molecule has 0 aromatic heterocycles. The first-order valence-electron chi connectivity index (χ1n) is 6.02. The van der Waals surface area contributed by atoms with Gasteiger partial charge in [-0.1, -0.05) is 47.8 Å². The number of benzene rings is 2. The van der Waals surface area contributed by atoms with E-state index in [1.165, 1.54) is 0 Å². The van der Waals surface area contributed by atoms with Crippen LogP contribution < -0.4 is 0 Å². The van der Waals surface area contributed by atoms with Gasteiger partial charge in [-0.2, -0.15) is 0 Å². The predicted molar refractivity (Wildman–Crippen MR) is 101 cm³/mol. The van der Waals surface area contributed by atoms with E-state index < -0.39 is 0 Å². The largest absolute Gasteiger partial charge is 0.289 e. The Morgan fingerprint density at radius 1 is 1.05 bits per heavy atom. The number of carbonyl (C=O) groups excluding carboxylic acids is 1. The topological polar surface area (TPSA) is 17.1 Å². The monoisotopic (exact) mass is 488 g/mol. The van der Waals surface area contributed by atoms with Crippen LogP contribution in [0.2, 0.25) is 0 Å². The van der Waals surface area contributed by atoms with Gasteiger partial charge in [-0.25, -0.2) is 0 Å². The molecule has 0 unspecified atom stereocenters. The molecule has 0 saturated heterocycles. The number of carbonyl (C=O) groups is 1. The Bertz CT molecular complexity index is 670. The van der Waals surface area contributed by atoms with Gasteiger partial charge in [0.15, 0.2) is 5.78 Å². The van der Waals surface area contributed by atoms with Crippen LogP contribution in [-0.4, -0.2) is 12.0 Å². The lowest BCUT2D eigenvalue weighted by Gasteiger charge is -2.03. The standard InChI is InChI=1S/C16H11Br3OS/c1-21-12-4-2-10(3-5-12)16(20)7-6-13-14(18)8-11(17)9-15(13)19/h2-9H,1H3. The van der Waals surface area contributed by atoms with Gasteiger partial charge in [0.25, 0.3) is 0 Å². The lowest BCUT2D eigenvalue weighted by Crippen LogP contribution is -1.93. The summed E-state index contributed by atoms with van der Waals surface area (Å²) in [6.07, 6.45) is 5.41. The molecular formula is C16H11Br3OS. The number of allylic oxidation sites excluding steroid dienone is 1. The normalized spacial score (nSPS) is 11.0. The number of hydrogen-bond acceptors (Lipinski definition) is 2. The summed E-state index contributed by atoms with van der Waals surface area (Å²) in [7, 11) is 0. The fourth-order valence-electron chi connectivity index (χ4n) is 1.72. The highest BCUT2D eigenvalue weighted by Crippen LogP contribution is 2.31. The number of halogens is 3. The Hall–Kier alpha value is -0.360. The molecule has 1 nitrogen and oxygen atoms in total. The van der Waals surface area contributed by atoms with E-state index in [-0.39, 0.29) is 5.78 Å². The second-order valence-corrected chi connectivity index (χ2v) is 7.71. The highest BCUT2D eigenvalue weighted by Gasteiger charge is 2.06. The van der Waals surface area contributed by atoms with E-state index in [9.17, 15) is 4.79 Å². The molecular weight excluding hydrogens is 480 g/mol. The van der Waals surface area contributed by atoms with Crippen molar-refractivity contribution >= 4 is 71.4 Å². The van der Waals surface area contributed by atoms with Crippen LogP contribution in [0.4, 0.5) is 0 Å². The van der Waals surface area contributed by atoms with E-state index in [2.05, 4.69) is 47.8 Å². The first-order valence-corrected chi connectivity index (χ1v) is 9.62. The quantitative estimate of drug-likeness (QED) is 0.273. The number of rotatable bonds is 4. The van der Waals surface area contributed by atoms with Gasteiger partial charge in [0.2, 0.25) is 0 Å². The van der Waals surface area contributed by atoms with Gasteiger partial charge in [0, 0.05) is 29.4 Å². The molecule has 0 heterocycles. The average molecular weight is 491 g/mol. The number of thioether (sulfide) groups is 1. The first-order chi connectivity index (χ1) is 10.0. The fraction of sp³-hybridized carbons (Fsp3) is 0.0625. The molecule has 0 N–H and O–H groups in total. The maximum Gasteiger partial charge on any atom is 0.185 e. The van der Waals surface area contributed by atoms with Crippen molar-refractivity contribution in [3.05, 3.63) is 67.0 Å². The zero-order valence-corrected chi connectivity index (χ0v) is 16.6. The molecule has 5 heteroatoms. The van der Waals surface area contributed by atoms with Crippen molar-refractivity contribution in [1.29, 1.82) is 0 Å². The van der Waals surface area contributed by atoms with Crippen LogP contribution in [-0.2, 0) is 0 Å². The van der Waals surface area contributed by atoms with Crippen molar-refractivity contribution < 1.29 is 4.79 Å². The van der Waals surface area contributed by atoms with Gasteiger partial charge in [-0.3, -0.25) is 4.79 Å².